The Bertz CT molecular complexity index is 136. The third-order valence-electron chi connectivity index (χ3n) is 1.89. The molecule has 0 atom stereocenters. The minimum Gasteiger partial charge on any atom is -0.396 e. The molecule has 0 fully saturated rings. The molecule has 0 saturated heterocycles. The number of aliphatic hydroxyl groups is 1. The van der Waals surface area contributed by atoms with E-state index in [9.17, 15) is 0 Å². The van der Waals surface area contributed by atoms with Gasteiger partial charge in [-0.25, -0.2) is 0 Å². The second kappa shape index (κ2) is 11.4. The Morgan fingerprint density at radius 3 is 2.08 bits per heavy atom. The summed E-state index contributed by atoms with van der Waals surface area (Å²) in [6, 6.07) is 0. The lowest BCUT2D eigenvalue weighted by Crippen LogP contribution is -1.79. The first kappa shape index (κ1) is 12.4. The second-order valence-electron chi connectivity index (χ2n) is 3.22. The molecule has 76 valence electrons. The van der Waals surface area contributed by atoms with Crippen LogP contribution in [0.15, 0.2) is 24.3 Å². The molecule has 0 unspecified atom stereocenters. The maximum atomic E-state index is 8.53. The molecule has 0 bridgehead atoms. The van der Waals surface area contributed by atoms with Crippen molar-refractivity contribution in [3.8, 4) is 0 Å². The lowest BCUT2D eigenvalue weighted by Gasteiger charge is -1.89. The summed E-state index contributed by atoms with van der Waals surface area (Å²) in [5.74, 6) is 0. The van der Waals surface area contributed by atoms with Gasteiger partial charge in [-0.15, -0.1) is 0 Å². The Balaban J connectivity index is 3.15. The van der Waals surface area contributed by atoms with Crippen molar-refractivity contribution >= 4 is 0 Å². The van der Waals surface area contributed by atoms with E-state index < -0.39 is 0 Å². The second-order valence-corrected chi connectivity index (χ2v) is 3.22. The molecule has 0 aliphatic heterocycles. The van der Waals surface area contributed by atoms with E-state index >= 15 is 0 Å². The number of aliphatic hydroxyl groups excluding tert-OH is 1. The third-order valence-corrected chi connectivity index (χ3v) is 1.89. The van der Waals surface area contributed by atoms with Crippen LogP contribution in [0.25, 0.3) is 0 Å². The van der Waals surface area contributed by atoms with E-state index in [0.717, 1.165) is 19.3 Å². The van der Waals surface area contributed by atoms with Gasteiger partial charge < -0.3 is 5.11 Å². The quantitative estimate of drug-likeness (QED) is 0.450. The van der Waals surface area contributed by atoms with Gasteiger partial charge in [-0.2, -0.15) is 0 Å². The Hall–Kier alpha value is -0.560. The summed E-state index contributed by atoms with van der Waals surface area (Å²) >= 11 is 0. The highest BCUT2D eigenvalue weighted by atomic mass is 16.2. The van der Waals surface area contributed by atoms with E-state index in [0.29, 0.717) is 6.61 Å². The lowest BCUT2D eigenvalue weighted by molar-refractivity contribution is 0.285. The van der Waals surface area contributed by atoms with Gasteiger partial charge in [0.2, 0.25) is 0 Å². The molecule has 0 aliphatic carbocycles. The molecular weight excluding hydrogens is 160 g/mol. The van der Waals surface area contributed by atoms with Crippen molar-refractivity contribution in [1.82, 2.24) is 0 Å². The number of unbranched alkanes of at least 4 members (excludes halogenated alkanes) is 4. The fraction of sp³-hybridized carbons (Fsp3) is 0.667. The Kier molecular flexibility index (Phi) is 10.9. The number of rotatable bonds is 8. The van der Waals surface area contributed by atoms with E-state index in [1.165, 1.54) is 19.3 Å². The van der Waals surface area contributed by atoms with Gasteiger partial charge in [0.05, 0.1) is 0 Å². The molecule has 1 heteroatoms. The maximum absolute atomic E-state index is 8.53. The normalized spacial score (nSPS) is 11.8. The minimum atomic E-state index is 0.320. The van der Waals surface area contributed by atoms with Crippen molar-refractivity contribution in [2.45, 2.75) is 45.4 Å². The van der Waals surface area contributed by atoms with Crippen molar-refractivity contribution in [3.63, 3.8) is 0 Å². The zero-order valence-corrected chi connectivity index (χ0v) is 8.71. The zero-order valence-electron chi connectivity index (χ0n) is 8.71. The Labute approximate surface area is 82.2 Å². The molecule has 0 rings (SSSR count). The van der Waals surface area contributed by atoms with Crippen LogP contribution in [0.3, 0.4) is 0 Å². The van der Waals surface area contributed by atoms with E-state index in [1.54, 1.807) is 0 Å². The predicted molar refractivity (Wildman–Crippen MR) is 58.7 cm³/mol. The van der Waals surface area contributed by atoms with Gasteiger partial charge in [0.25, 0.3) is 0 Å². The van der Waals surface area contributed by atoms with Crippen LogP contribution in [0.4, 0.5) is 0 Å². The van der Waals surface area contributed by atoms with Gasteiger partial charge in [0, 0.05) is 6.61 Å². The molecule has 0 amide bonds. The Morgan fingerprint density at radius 2 is 1.54 bits per heavy atom. The zero-order chi connectivity index (χ0) is 9.78. The molecule has 0 heterocycles. The van der Waals surface area contributed by atoms with Crippen LogP contribution in [-0.4, -0.2) is 11.7 Å². The van der Waals surface area contributed by atoms with Gasteiger partial charge in [-0.1, -0.05) is 44.1 Å². The van der Waals surface area contributed by atoms with Gasteiger partial charge in [0.15, 0.2) is 0 Å². The largest absolute Gasteiger partial charge is 0.396 e. The predicted octanol–water partition coefficient (Wildman–Crippen LogP) is 3.45. The highest BCUT2D eigenvalue weighted by molar-refractivity contribution is 5.02. The molecule has 0 aromatic carbocycles. The van der Waals surface area contributed by atoms with E-state index in [4.69, 9.17) is 5.11 Å². The van der Waals surface area contributed by atoms with Crippen LogP contribution in [0, 0.1) is 0 Å². The van der Waals surface area contributed by atoms with Gasteiger partial charge in [-0.05, 0) is 25.7 Å². The molecule has 0 radical (unpaired) electrons. The van der Waals surface area contributed by atoms with Crippen LogP contribution in [-0.2, 0) is 0 Å². The highest BCUT2D eigenvalue weighted by Gasteiger charge is 1.80. The number of hydrogen-bond donors (Lipinski definition) is 1. The lowest BCUT2D eigenvalue weighted by atomic mass is 10.2. The first-order valence-electron chi connectivity index (χ1n) is 5.34. The summed E-state index contributed by atoms with van der Waals surface area (Å²) in [5, 5.41) is 8.53. The van der Waals surface area contributed by atoms with E-state index in [-0.39, 0.29) is 0 Å². The molecule has 0 spiro atoms. The molecule has 0 saturated carbocycles. The summed E-state index contributed by atoms with van der Waals surface area (Å²) < 4.78 is 0. The summed E-state index contributed by atoms with van der Waals surface area (Å²) in [4.78, 5) is 0. The molecule has 0 aromatic heterocycles. The maximum Gasteiger partial charge on any atom is 0.0431 e. The fourth-order valence-corrected chi connectivity index (χ4v) is 1.05. The van der Waals surface area contributed by atoms with Crippen LogP contribution >= 0.6 is 0 Å². The van der Waals surface area contributed by atoms with E-state index in [1.807, 2.05) is 0 Å². The summed E-state index contributed by atoms with van der Waals surface area (Å²) in [6.45, 7) is 2.53. The highest BCUT2D eigenvalue weighted by Crippen LogP contribution is 1.97. The van der Waals surface area contributed by atoms with Crippen molar-refractivity contribution in [2.24, 2.45) is 0 Å². The topological polar surface area (TPSA) is 20.2 Å². The molecular formula is C12H22O. The standard InChI is InChI=1S/C12H22O/c1-2-3-4-5-6-7-8-9-10-11-12-13/h5-8,13H,2-4,9-12H2,1H3/b6-5?,8-7+. The fourth-order valence-electron chi connectivity index (χ4n) is 1.05. The average Bonchev–Trinajstić information content (AvgIpc) is 2.16. The van der Waals surface area contributed by atoms with Crippen LogP contribution in [0.2, 0.25) is 0 Å². The van der Waals surface area contributed by atoms with Crippen molar-refractivity contribution in [2.75, 3.05) is 6.61 Å². The average molecular weight is 182 g/mol. The summed E-state index contributed by atoms with van der Waals surface area (Å²) in [7, 11) is 0. The van der Waals surface area contributed by atoms with Crippen molar-refractivity contribution < 1.29 is 5.11 Å². The van der Waals surface area contributed by atoms with Crippen LogP contribution < -0.4 is 0 Å². The summed E-state index contributed by atoms with van der Waals surface area (Å²) in [5.41, 5.74) is 0. The molecule has 13 heavy (non-hydrogen) atoms. The molecule has 1 N–H and O–H groups in total. The molecule has 1 nitrogen and oxygen atoms in total. The Morgan fingerprint density at radius 1 is 0.923 bits per heavy atom. The van der Waals surface area contributed by atoms with Gasteiger partial charge in [-0.3, -0.25) is 0 Å². The van der Waals surface area contributed by atoms with Crippen LogP contribution in [0.1, 0.15) is 45.4 Å². The molecule has 0 aliphatic rings. The number of hydrogen-bond acceptors (Lipinski definition) is 1. The van der Waals surface area contributed by atoms with Crippen LogP contribution in [0.5, 0.6) is 0 Å². The number of allylic oxidation sites excluding steroid dienone is 4. The minimum absolute atomic E-state index is 0.320. The van der Waals surface area contributed by atoms with Gasteiger partial charge in [0.1, 0.15) is 0 Å². The smallest absolute Gasteiger partial charge is 0.0431 e. The summed E-state index contributed by atoms with van der Waals surface area (Å²) in [6.07, 6.45) is 15.4. The van der Waals surface area contributed by atoms with Crippen molar-refractivity contribution in [3.05, 3.63) is 24.3 Å². The SMILES string of the molecule is CCCCC=C/C=C/CCCCO. The van der Waals surface area contributed by atoms with E-state index in [2.05, 4.69) is 31.2 Å². The first-order chi connectivity index (χ1) is 6.41. The first-order valence-corrected chi connectivity index (χ1v) is 5.34. The third kappa shape index (κ3) is 11.4. The molecule has 0 aromatic rings. The van der Waals surface area contributed by atoms with Crippen molar-refractivity contribution in [1.29, 1.82) is 0 Å². The monoisotopic (exact) mass is 182 g/mol. The van der Waals surface area contributed by atoms with Gasteiger partial charge >= 0.3 is 0 Å².